The lowest BCUT2D eigenvalue weighted by molar-refractivity contribution is -0.617. The highest BCUT2D eigenvalue weighted by Gasteiger charge is 2.36. The van der Waals surface area contributed by atoms with E-state index in [9.17, 15) is 0 Å². The van der Waals surface area contributed by atoms with Crippen molar-refractivity contribution in [2.75, 3.05) is 0 Å². The third-order valence-corrected chi connectivity index (χ3v) is 30.2. The van der Waals surface area contributed by atoms with Crippen LogP contribution < -0.4 is 18.3 Å². The molecule has 0 unspecified atom stereocenters. The Morgan fingerprint density at radius 1 is 0.276 bits per heavy atom. The van der Waals surface area contributed by atoms with Gasteiger partial charge in [0.15, 0.2) is 44.1 Å². The number of pyridine rings is 8. The number of aryl methyl sites for hydroxylation is 10. The van der Waals surface area contributed by atoms with Crippen LogP contribution in [0.2, 0.25) is 0 Å². The van der Waals surface area contributed by atoms with E-state index in [4.69, 9.17) is 19.9 Å². The van der Waals surface area contributed by atoms with Gasteiger partial charge in [-0.15, -0.1) is 0 Å². The fourth-order valence-electron chi connectivity index (χ4n) is 24.0. The first kappa shape index (κ1) is 85.4. The largest absolute Gasteiger partial charge is 0.297 e. The molecule has 134 heavy (non-hydrogen) atoms. The summed E-state index contributed by atoms with van der Waals surface area (Å²) >= 11 is 0. The molecular formula is C122H120N12+4. The number of rotatable bonds is 9. The Bertz CT molecular complexity index is 8750. The van der Waals surface area contributed by atoms with Crippen molar-refractivity contribution in [3.63, 3.8) is 0 Å². The molecule has 12 nitrogen and oxygen atoms in total. The zero-order valence-corrected chi connectivity index (χ0v) is 80.9. The van der Waals surface area contributed by atoms with E-state index in [1.165, 1.54) is 267 Å². The van der Waals surface area contributed by atoms with Crippen LogP contribution in [0.15, 0.2) is 267 Å². The molecule has 23 aromatic rings. The normalized spacial score (nSPS) is 13.6. The van der Waals surface area contributed by atoms with Gasteiger partial charge in [-0.3, -0.25) is 9.97 Å². The molecule has 0 spiro atoms. The van der Waals surface area contributed by atoms with Gasteiger partial charge in [-0.25, -0.2) is 28.2 Å². The van der Waals surface area contributed by atoms with Gasteiger partial charge >= 0.3 is 0 Å². The molecule has 0 aliphatic heterocycles. The predicted octanol–water partition coefficient (Wildman–Crippen LogP) is 29.1. The smallest absolute Gasteiger partial charge is 0.255 e. The van der Waals surface area contributed by atoms with Crippen LogP contribution in [0.3, 0.4) is 0 Å². The molecule has 0 radical (unpaired) electrons. The second-order valence-electron chi connectivity index (χ2n) is 39.8. The summed E-state index contributed by atoms with van der Waals surface area (Å²) in [6, 6.07) is 95.3. The molecule has 11 aromatic carbocycles. The second-order valence-corrected chi connectivity index (χ2v) is 39.8. The highest BCUT2D eigenvalue weighted by atomic mass is 15.1. The van der Waals surface area contributed by atoms with E-state index in [-0.39, 0.29) is 0 Å². The van der Waals surface area contributed by atoms with Crippen molar-refractivity contribution < 1.29 is 18.3 Å². The van der Waals surface area contributed by atoms with Crippen molar-refractivity contribution in [3.05, 3.63) is 334 Å². The lowest BCUT2D eigenvalue weighted by Crippen LogP contribution is -2.27. The van der Waals surface area contributed by atoms with Crippen LogP contribution in [0, 0.1) is 41.5 Å². The van der Waals surface area contributed by atoms with E-state index < -0.39 is 0 Å². The average Bonchev–Trinajstić information content (AvgIpc) is 1.53. The minimum absolute atomic E-state index is 0.425. The number of imidazole rings is 4. The van der Waals surface area contributed by atoms with Crippen LogP contribution in [-0.2, 0) is 28.2 Å². The zero-order valence-electron chi connectivity index (χ0n) is 80.9. The van der Waals surface area contributed by atoms with E-state index in [1.807, 2.05) is 6.20 Å². The standard InChI is InChI=1S/C38H34N3.C37H40N3.C24H24N3.C23H22N3/c1-24-13-11-18-28(26-14-5-4-6-15-26)34(24)30-23-25(2)35-37(39-30)36-29(27-16-7-8-17-27)19-12-22-33(36)41-32-21-10-9-20-31(32)40(3)38(35)41;1-22(2)26-15-11-16-27(23(3)4)34(26)29-21-24(5)33-36(38-29)35-28(25-13-7-8-14-25)17-12-20-32(35)40-31-19-10-9-18-30(31)39(6)37(33)40;1-14(2)17-9-8-12-20-22(17)23-21(15(3)13-16(4)25-23)24-26(5)18-10-6-7-11-19(18)27(20)24;1-14(2)16-8-7-11-19-21(16)22-20(15(3)12-13-24-22)23-25(4)17-9-5-6-10-18(17)26(19)23/h4-6,9-15,18-23,27H,7-8,16-17H2,1-3H3;9-12,15-23,25H,7-8,13-14H2,1-6H3;6-14H,1-5H3;5-14H,1-4H3/q4*+1. The molecule has 664 valence electrons. The summed E-state index contributed by atoms with van der Waals surface area (Å²) in [5.41, 5.74) is 47.3. The molecule has 0 amide bonds. The highest BCUT2D eigenvalue weighted by molar-refractivity contribution is 6.18. The van der Waals surface area contributed by atoms with E-state index in [1.54, 1.807) is 0 Å². The van der Waals surface area contributed by atoms with Gasteiger partial charge in [0.2, 0.25) is 0 Å². The molecule has 0 atom stereocenters. The Labute approximate surface area is 784 Å². The van der Waals surface area contributed by atoms with Crippen molar-refractivity contribution in [3.8, 4) is 33.6 Å². The number of benzene rings is 11. The first-order valence-electron chi connectivity index (χ1n) is 48.9. The summed E-state index contributed by atoms with van der Waals surface area (Å²) < 4.78 is 19.2. The number of hydrogen-bond donors (Lipinski definition) is 0. The Hall–Kier alpha value is -14.1. The number of aromatic nitrogens is 12. The second kappa shape index (κ2) is 33.6. The molecule has 12 heterocycles. The van der Waals surface area contributed by atoms with Gasteiger partial charge < -0.3 is 0 Å². The molecular weight excluding hydrogens is 1630 g/mol. The highest BCUT2D eigenvalue weighted by Crippen LogP contribution is 2.49. The monoisotopic (exact) mass is 1750 g/mol. The lowest BCUT2D eigenvalue weighted by Gasteiger charge is -2.21. The lowest BCUT2D eigenvalue weighted by atomic mass is 9.86. The Morgan fingerprint density at radius 2 is 0.604 bits per heavy atom. The molecule has 0 N–H and O–H groups in total. The van der Waals surface area contributed by atoms with E-state index in [2.05, 4.69) is 422 Å². The van der Waals surface area contributed by atoms with Gasteiger partial charge in [-0.2, -0.15) is 17.6 Å². The van der Waals surface area contributed by atoms with Crippen LogP contribution in [0.25, 0.3) is 188 Å². The fourth-order valence-corrected chi connectivity index (χ4v) is 24.0. The van der Waals surface area contributed by atoms with Gasteiger partial charge in [0.05, 0.1) is 105 Å². The molecule has 2 fully saturated rings. The van der Waals surface area contributed by atoms with Crippen molar-refractivity contribution in [2.24, 2.45) is 28.2 Å². The third kappa shape index (κ3) is 13.5. The van der Waals surface area contributed by atoms with Crippen LogP contribution in [0.1, 0.15) is 209 Å². The topological polar surface area (TPSA) is 84.7 Å². The number of nitrogens with zero attached hydrogens (tertiary/aromatic N) is 12. The summed E-state index contributed by atoms with van der Waals surface area (Å²) in [4.78, 5) is 21.2. The van der Waals surface area contributed by atoms with Crippen LogP contribution in [-0.4, -0.2) is 37.5 Å². The predicted molar refractivity (Wildman–Crippen MR) is 559 cm³/mol. The minimum Gasteiger partial charge on any atom is -0.255 e. The fraction of sp³-hybridized carbons (Fsp3) is 0.262. The van der Waals surface area contributed by atoms with Crippen LogP contribution in [0.4, 0.5) is 0 Å². The summed E-state index contributed by atoms with van der Waals surface area (Å²) in [5.74, 6) is 2.91. The SMILES string of the molecule is Cc1cc(-c2c(C(C)C)cccc2C(C)C)nc2c3c(C4CCCC4)cccc3n3c4ccccc4[n+](C)c3c12.Cc1cc(C)c2c(n1)c1c(C(C)C)cccc1n1c3ccccc3[n+](C)c21.Cc1cccc(-c2ccccc2)c1-c1cc(C)c2c(n1)c1c(C3CCCC3)cccc1n1c3ccccc3[n+](C)c21.Cc1ccnc2c3c(C(C)C)cccc3n3c4ccccc4[n+](C)c3c12. The Morgan fingerprint density at radius 3 is 1.02 bits per heavy atom. The molecule has 0 saturated heterocycles. The first-order valence-corrected chi connectivity index (χ1v) is 48.9. The number of hydrogen-bond acceptors (Lipinski definition) is 4. The molecule has 2 aliphatic rings. The first-order chi connectivity index (χ1) is 65.1. The third-order valence-electron chi connectivity index (χ3n) is 30.2. The van der Waals surface area contributed by atoms with Crippen molar-refractivity contribution in [1.29, 1.82) is 0 Å². The van der Waals surface area contributed by atoms with E-state index in [0.29, 0.717) is 35.5 Å². The molecule has 0 bridgehead atoms. The summed E-state index contributed by atoms with van der Waals surface area (Å²) in [7, 11) is 8.73. The quantitative estimate of drug-likeness (QED) is 0.106. The van der Waals surface area contributed by atoms with Gasteiger partial charge in [0, 0.05) is 23.0 Å². The van der Waals surface area contributed by atoms with E-state index in [0.717, 1.165) is 39.1 Å². The van der Waals surface area contributed by atoms with Gasteiger partial charge in [-0.1, -0.05) is 245 Å². The van der Waals surface area contributed by atoms with Crippen molar-refractivity contribution in [2.45, 2.75) is 184 Å². The maximum Gasteiger partial charge on any atom is 0.297 e. The molecule has 2 aliphatic carbocycles. The van der Waals surface area contributed by atoms with Gasteiger partial charge in [-0.05, 0) is 272 Å². The van der Waals surface area contributed by atoms with Gasteiger partial charge in [0.25, 0.3) is 22.6 Å². The molecule has 25 rings (SSSR count). The Kier molecular flexibility index (Phi) is 21.4. The summed E-state index contributed by atoms with van der Waals surface area (Å²) in [6.45, 7) is 31.5. The maximum atomic E-state index is 5.69. The van der Waals surface area contributed by atoms with Gasteiger partial charge in [0.1, 0.15) is 22.1 Å². The van der Waals surface area contributed by atoms with E-state index >= 15 is 0 Å². The zero-order chi connectivity index (χ0) is 92.2. The summed E-state index contributed by atoms with van der Waals surface area (Å²) in [6.07, 6.45) is 12.2. The van der Waals surface area contributed by atoms with Crippen molar-refractivity contribution >= 4 is 154 Å². The van der Waals surface area contributed by atoms with Crippen molar-refractivity contribution in [1.82, 2.24) is 37.5 Å². The van der Waals surface area contributed by atoms with Crippen LogP contribution in [0.5, 0.6) is 0 Å². The maximum absolute atomic E-state index is 5.69. The summed E-state index contributed by atoms with van der Waals surface area (Å²) in [5, 5.41) is 10.2. The average molecular weight is 1750 g/mol. The number of para-hydroxylation sites is 8. The number of fused-ring (bicyclic) bond motifs is 32. The molecule has 2 saturated carbocycles. The van der Waals surface area contributed by atoms with Crippen LogP contribution >= 0.6 is 0 Å². The molecule has 12 heteroatoms. The molecule has 12 aromatic heterocycles. The minimum atomic E-state index is 0.425. The Balaban J connectivity index is 0.000000106.